The highest BCUT2D eigenvalue weighted by Gasteiger charge is 2.56. The Balaban J connectivity index is 1.30. The molecule has 172 valence electrons. The second kappa shape index (κ2) is 8.01. The summed E-state index contributed by atoms with van der Waals surface area (Å²) in [7, 11) is 0. The van der Waals surface area contributed by atoms with Crippen molar-refractivity contribution in [3.63, 3.8) is 0 Å². The van der Waals surface area contributed by atoms with Gasteiger partial charge < -0.3 is 14.6 Å². The minimum absolute atomic E-state index is 0.0294. The number of piperidine rings is 1. The highest BCUT2D eigenvalue weighted by atomic mass is 16.4. The molecule has 1 aliphatic carbocycles. The van der Waals surface area contributed by atoms with Gasteiger partial charge in [0, 0.05) is 18.2 Å². The van der Waals surface area contributed by atoms with Crippen molar-refractivity contribution >= 4 is 23.0 Å². The molecule has 4 atom stereocenters. The van der Waals surface area contributed by atoms with Crippen molar-refractivity contribution in [1.29, 1.82) is 0 Å². The summed E-state index contributed by atoms with van der Waals surface area (Å²) in [5, 5.41) is 3.46. The number of rotatable bonds is 5. The molecule has 0 bridgehead atoms. The van der Waals surface area contributed by atoms with E-state index in [2.05, 4.69) is 65.4 Å². The molecule has 5 nitrogen and oxygen atoms in total. The summed E-state index contributed by atoms with van der Waals surface area (Å²) in [6, 6.07) is 23.0. The Morgan fingerprint density at radius 3 is 2.71 bits per heavy atom. The van der Waals surface area contributed by atoms with Gasteiger partial charge in [0.25, 0.3) is 11.9 Å². The van der Waals surface area contributed by atoms with Crippen molar-refractivity contribution < 1.29 is 9.21 Å². The highest BCUT2D eigenvalue weighted by molar-refractivity contribution is 6.01. The Kier molecular flexibility index (Phi) is 4.94. The molecule has 1 aliphatic heterocycles. The summed E-state index contributed by atoms with van der Waals surface area (Å²) in [5.41, 5.74) is 6.75. The lowest BCUT2D eigenvalue weighted by molar-refractivity contribution is 0.0693. The molecule has 0 spiro atoms. The predicted octanol–water partition coefficient (Wildman–Crippen LogP) is 6.07. The van der Waals surface area contributed by atoms with Gasteiger partial charge in [0.15, 0.2) is 5.58 Å². The predicted molar refractivity (Wildman–Crippen MR) is 135 cm³/mol. The summed E-state index contributed by atoms with van der Waals surface area (Å²) < 4.78 is 5.91. The first kappa shape index (κ1) is 21.0. The number of amides is 1. The maximum atomic E-state index is 14.0. The highest BCUT2D eigenvalue weighted by Crippen LogP contribution is 2.51. The molecule has 3 aromatic carbocycles. The van der Waals surface area contributed by atoms with Crippen LogP contribution in [0.1, 0.15) is 34.8 Å². The SMILES string of the molecule is Cc1cccc(-c2ccc(C)cc2C(=O)N2CC3CC3C2C(C)Nc2nc3ccccc3o2)c1. The number of anilines is 1. The van der Waals surface area contributed by atoms with Crippen molar-refractivity contribution in [1.82, 2.24) is 9.88 Å². The molecular weight excluding hydrogens is 422 g/mol. The van der Waals surface area contributed by atoms with Crippen molar-refractivity contribution in [3.05, 3.63) is 83.4 Å². The fourth-order valence-electron chi connectivity index (χ4n) is 5.63. The van der Waals surface area contributed by atoms with E-state index in [9.17, 15) is 4.79 Å². The molecule has 34 heavy (non-hydrogen) atoms. The summed E-state index contributed by atoms with van der Waals surface area (Å²) in [4.78, 5) is 20.7. The van der Waals surface area contributed by atoms with E-state index in [1.807, 2.05) is 37.3 Å². The van der Waals surface area contributed by atoms with E-state index in [0.29, 0.717) is 17.9 Å². The number of likely N-dealkylation sites (tertiary alicyclic amines) is 1. The van der Waals surface area contributed by atoms with Crippen LogP contribution in [0.15, 0.2) is 71.1 Å². The zero-order valence-corrected chi connectivity index (χ0v) is 19.8. The van der Waals surface area contributed by atoms with Crippen molar-refractivity contribution in [3.8, 4) is 11.1 Å². The molecule has 1 aromatic heterocycles. The van der Waals surface area contributed by atoms with Crippen LogP contribution in [-0.4, -0.2) is 34.4 Å². The number of aromatic nitrogens is 1. The van der Waals surface area contributed by atoms with E-state index < -0.39 is 0 Å². The van der Waals surface area contributed by atoms with E-state index in [1.54, 1.807) is 0 Å². The molecule has 4 unspecified atom stereocenters. The molecule has 2 heterocycles. The molecule has 4 aromatic rings. The normalized spacial score (nSPS) is 22.0. The first-order chi connectivity index (χ1) is 16.5. The number of nitrogens with one attached hydrogen (secondary N) is 1. The van der Waals surface area contributed by atoms with Gasteiger partial charge in [-0.3, -0.25) is 4.79 Å². The fourth-order valence-corrected chi connectivity index (χ4v) is 5.63. The number of nitrogens with zero attached hydrogens (tertiary/aromatic N) is 2. The summed E-state index contributed by atoms with van der Waals surface area (Å²) in [6.45, 7) is 7.09. The lowest BCUT2D eigenvalue weighted by Gasteiger charge is -2.33. The number of aryl methyl sites for hydroxylation is 2. The zero-order chi connectivity index (χ0) is 23.4. The molecule has 5 heteroatoms. The molecule has 1 N–H and O–H groups in total. The fraction of sp³-hybridized carbons (Fsp3) is 0.310. The number of benzene rings is 3. The third-order valence-electron chi connectivity index (χ3n) is 7.36. The second-order valence-corrected chi connectivity index (χ2v) is 9.95. The van der Waals surface area contributed by atoms with Gasteiger partial charge in [0.05, 0.1) is 6.04 Å². The van der Waals surface area contributed by atoms with E-state index in [1.165, 1.54) is 12.0 Å². The Morgan fingerprint density at radius 1 is 1.06 bits per heavy atom. The summed E-state index contributed by atoms with van der Waals surface area (Å²) >= 11 is 0. The van der Waals surface area contributed by atoms with Crippen LogP contribution in [0, 0.1) is 25.7 Å². The number of fused-ring (bicyclic) bond motifs is 2. The number of hydrogen-bond acceptors (Lipinski definition) is 4. The number of para-hydroxylation sites is 2. The average Bonchev–Trinajstić information content (AvgIpc) is 3.29. The maximum Gasteiger partial charge on any atom is 0.295 e. The molecule has 1 saturated heterocycles. The Hall–Kier alpha value is -3.60. The molecule has 6 rings (SSSR count). The van der Waals surface area contributed by atoms with Gasteiger partial charge in [-0.1, -0.05) is 59.7 Å². The van der Waals surface area contributed by atoms with E-state index >= 15 is 0 Å². The summed E-state index contributed by atoms with van der Waals surface area (Å²) in [5.74, 6) is 1.24. The largest absolute Gasteiger partial charge is 0.424 e. The third-order valence-corrected chi connectivity index (χ3v) is 7.36. The molecular formula is C29H29N3O2. The number of carbonyl (C=O) groups excluding carboxylic acids is 1. The maximum absolute atomic E-state index is 14.0. The van der Waals surface area contributed by atoms with E-state index in [0.717, 1.165) is 39.9 Å². The van der Waals surface area contributed by atoms with Gasteiger partial charge in [0.1, 0.15) is 5.52 Å². The standard InChI is InChI=1S/C29H29N3O2/c1-17-7-6-8-20(13-17)22-12-11-18(2)14-24(22)28(33)32-16-21-15-23(21)27(32)19(3)30-29-31-25-9-4-5-10-26(25)34-29/h4-14,19,21,23,27H,15-16H2,1-3H3,(H,30,31). The number of carbonyl (C=O) groups is 1. The quantitative estimate of drug-likeness (QED) is 0.400. The van der Waals surface area contributed by atoms with E-state index in [-0.39, 0.29) is 18.0 Å². The van der Waals surface area contributed by atoms with Gasteiger partial charge in [0.2, 0.25) is 0 Å². The Labute approximate surface area is 199 Å². The van der Waals surface area contributed by atoms with Crippen molar-refractivity contribution in [2.75, 3.05) is 11.9 Å². The van der Waals surface area contributed by atoms with Crippen LogP contribution < -0.4 is 5.32 Å². The first-order valence-corrected chi connectivity index (χ1v) is 12.1. The molecule has 0 radical (unpaired) electrons. The van der Waals surface area contributed by atoms with Crippen LogP contribution in [0.2, 0.25) is 0 Å². The Bertz CT molecular complexity index is 1360. The van der Waals surface area contributed by atoms with Crippen LogP contribution in [0.3, 0.4) is 0 Å². The third kappa shape index (κ3) is 3.65. The van der Waals surface area contributed by atoms with Crippen LogP contribution in [0.4, 0.5) is 6.01 Å². The Morgan fingerprint density at radius 2 is 1.88 bits per heavy atom. The monoisotopic (exact) mass is 451 g/mol. The first-order valence-electron chi connectivity index (χ1n) is 12.1. The van der Waals surface area contributed by atoms with Gasteiger partial charge in [-0.2, -0.15) is 4.98 Å². The van der Waals surface area contributed by atoms with Crippen LogP contribution >= 0.6 is 0 Å². The van der Waals surface area contributed by atoms with Crippen LogP contribution in [-0.2, 0) is 0 Å². The molecule has 1 amide bonds. The average molecular weight is 452 g/mol. The topological polar surface area (TPSA) is 58.4 Å². The van der Waals surface area contributed by atoms with Gasteiger partial charge in [-0.05, 0) is 68.4 Å². The smallest absolute Gasteiger partial charge is 0.295 e. The second-order valence-electron chi connectivity index (χ2n) is 9.95. The number of oxazole rings is 1. The van der Waals surface area contributed by atoms with Gasteiger partial charge in [-0.15, -0.1) is 0 Å². The van der Waals surface area contributed by atoms with Gasteiger partial charge >= 0.3 is 0 Å². The number of hydrogen-bond donors (Lipinski definition) is 1. The van der Waals surface area contributed by atoms with Crippen LogP contribution in [0.5, 0.6) is 0 Å². The van der Waals surface area contributed by atoms with Gasteiger partial charge in [-0.25, -0.2) is 0 Å². The lowest BCUT2D eigenvalue weighted by atomic mass is 9.95. The lowest BCUT2D eigenvalue weighted by Crippen LogP contribution is -2.47. The van der Waals surface area contributed by atoms with Crippen molar-refractivity contribution in [2.24, 2.45) is 11.8 Å². The van der Waals surface area contributed by atoms with E-state index in [4.69, 9.17) is 4.42 Å². The minimum Gasteiger partial charge on any atom is -0.424 e. The minimum atomic E-state index is 0.0294. The van der Waals surface area contributed by atoms with Crippen molar-refractivity contribution in [2.45, 2.75) is 39.3 Å². The molecule has 1 saturated carbocycles. The molecule has 2 fully saturated rings. The summed E-state index contributed by atoms with van der Waals surface area (Å²) in [6.07, 6.45) is 1.19. The zero-order valence-electron chi connectivity index (χ0n) is 19.8. The van der Waals surface area contributed by atoms with Crippen LogP contribution in [0.25, 0.3) is 22.2 Å². The molecule has 2 aliphatic rings.